The maximum atomic E-state index is 5.30. The smallest absolute Gasteiger partial charge is 0.136 e. The third kappa shape index (κ3) is 1.96. The highest BCUT2D eigenvalue weighted by Crippen LogP contribution is 2.31. The molecule has 0 aliphatic rings. The minimum Gasteiger partial charge on any atom is -0.465 e. The van der Waals surface area contributed by atoms with E-state index in [0.717, 1.165) is 22.6 Å². The van der Waals surface area contributed by atoms with Crippen molar-refractivity contribution in [1.82, 2.24) is 0 Å². The summed E-state index contributed by atoms with van der Waals surface area (Å²) >= 11 is 0. The summed E-state index contributed by atoms with van der Waals surface area (Å²) in [5.74, 6) is 1.54. The Hall–Kier alpha value is -1.70. The van der Waals surface area contributed by atoms with Crippen LogP contribution in [0.4, 0.5) is 0 Å². The van der Waals surface area contributed by atoms with Crippen LogP contribution in [0.25, 0.3) is 0 Å². The van der Waals surface area contributed by atoms with Gasteiger partial charge in [0.15, 0.2) is 0 Å². The quantitative estimate of drug-likeness (QED) is 0.678. The average molecular weight is 190 g/mol. The van der Waals surface area contributed by atoms with Gasteiger partial charge in [-0.15, -0.1) is 0 Å². The maximum absolute atomic E-state index is 5.30. The first-order valence-corrected chi connectivity index (χ1v) is 4.36. The molecule has 0 N–H and O–H groups in total. The first kappa shape index (κ1) is 10.4. The molecule has 0 bridgehead atoms. The minimum atomic E-state index is 0.752. The van der Waals surface area contributed by atoms with Crippen LogP contribution in [-0.2, 0) is 0 Å². The predicted molar refractivity (Wildman–Crippen MR) is 57.6 cm³/mol. The summed E-state index contributed by atoms with van der Waals surface area (Å²) in [5, 5.41) is 0. The lowest BCUT2D eigenvalue weighted by molar-refractivity contribution is 0.451. The molecule has 0 atom stereocenters. The van der Waals surface area contributed by atoms with Crippen LogP contribution < -0.4 is 9.47 Å². The van der Waals surface area contributed by atoms with E-state index in [1.165, 1.54) is 12.5 Å². The largest absolute Gasteiger partial charge is 0.465 e. The number of rotatable bonds is 4. The molecule has 0 saturated carbocycles. The Labute approximate surface area is 84.5 Å². The zero-order chi connectivity index (χ0) is 10.6. The number of hydrogen-bond acceptors (Lipinski definition) is 2. The van der Waals surface area contributed by atoms with Gasteiger partial charge >= 0.3 is 0 Å². The molecule has 0 fully saturated rings. The predicted octanol–water partition coefficient (Wildman–Crippen LogP) is 3.35. The average Bonchev–Trinajstić information content (AvgIpc) is 2.17. The molecule has 0 spiro atoms. The molecular weight excluding hydrogens is 176 g/mol. The van der Waals surface area contributed by atoms with E-state index >= 15 is 0 Å². The van der Waals surface area contributed by atoms with Crippen LogP contribution in [0.3, 0.4) is 0 Å². The molecular formula is C12H14O2. The molecule has 2 heteroatoms. The summed E-state index contributed by atoms with van der Waals surface area (Å²) in [4.78, 5) is 0. The van der Waals surface area contributed by atoms with E-state index < -0.39 is 0 Å². The fourth-order valence-corrected chi connectivity index (χ4v) is 1.29. The molecule has 1 aromatic carbocycles. The lowest BCUT2D eigenvalue weighted by Crippen LogP contribution is -1.93. The Morgan fingerprint density at radius 1 is 1.07 bits per heavy atom. The third-order valence-electron chi connectivity index (χ3n) is 1.96. The second-order valence-electron chi connectivity index (χ2n) is 2.90. The Morgan fingerprint density at radius 2 is 1.71 bits per heavy atom. The van der Waals surface area contributed by atoms with Crippen LogP contribution in [0, 0.1) is 13.8 Å². The van der Waals surface area contributed by atoms with Crippen molar-refractivity contribution in [2.24, 2.45) is 0 Å². The van der Waals surface area contributed by atoms with Crippen LogP contribution in [0.5, 0.6) is 11.5 Å². The Balaban J connectivity index is 3.17. The van der Waals surface area contributed by atoms with Crippen LogP contribution in [0.15, 0.2) is 37.8 Å². The third-order valence-corrected chi connectivity index (χ3v) is 1.96. The van der Waals surface area contributed by atoms with Crippen molar-refractivity contribution in [3.05, 3.63) is 48.9 Å². The van der Waals surface area contributed by atoms with E-state index in [1.807, 2.05) is 26.0 Å². The fourth-order valence-electron chi connectivity index (χ4n) is 1.29. The van der Waals surface area contributed by atoms with Gasteiger partial charge in [0, 0.05) is 5.56 Å². The summed E-state index contributed by atoms with van der Waals surface area (Å²) in [6.45, 7) is 11.0. The van der Waals surface area contributed by atoms with Crippen molar-refractivity contribution in [3.8, 4) is 11.5 Å². The number of hydrogen-bond donors (Lipinski definition) is 0. The molecule has 0 aliphatic carbocycles. The van der Waals surface area contributed by atoms with Crippen LogP contribution >= 0.6 is 0 Å². The van der Waals surface area contributed by atoms with Gasteiger partial charge in [-0.1, -0.05) is 19.2 Å². The summed E-state index contributed by atoms with van der Waals surface area (Å²) in [5.41, 5.74) is 2.00. The Kier molecular flexibility index (Phi) is 3.35. The molecule has 1 aromatic rings. The van der Waals surface area contributed by atoms with Gasteiger partial charge in [-0.25, -0.2) is 0 Å². The van der Waals surface area contributed by atoms with Gasteiger partial charge in [-0.05, 0) is 25.5 Å². The van der Waals surface area contributed by atoms with Crippen molar-refractivity contribution >= 4 is 0 Å². The van der Waals surface area contributed by atoms with Crippen molar-refractivity contribution in [2.45, 2.75) is 13.8 Å². The molecule has 2 nitrogen and oxygen atoms in total. The highest BCUT2D eigenvalue weighted by molar-refractivity contribution is 5.49. The monoisotopic (exact) mass is 190 g/mol. The molecule has 0 amide bonds. The van der Waals surface area contributed by atoms with Gasteiger partial charge in [0.05, 0.1) is 12.5 Å². The molecule has 14 heavy (non-hydrogen) atoms. The first-order chi connectivity index (χ1) is 6.70. The Bertz CT molecular complexity index is 354. The number of benzene rings is 1. The molecule has 1 rings (SSSR count). The standard InChI is InChI=1S/C12H14O2/c1-5-13-11-8-7-9(3)12(10(11)4)14-6-2/h5-8H,1-2H2,3-4H3. The summed E-state index contributed by atoms with van der Waals surface area (Å²) in [6.07, 6.45) is 2.81. The van der Waals surface area contributed by atoms with Crippen molar-refractivity contribution in [1.29, 1.82) is 0 Å². The van der Waals surface area contributed by atoms with Gasteiger partial charge in [-0.2, -0.15) is 0 Å². The molecule has 0 saturated heterocycles. The van der Waals surface area contributed by atoms with E-state index in [0.29, 0.717) is 0 Å². The highest BCUT2D eigenvalue weighted by Gasteiger charge is 2.08. The van der Waals surface area contributed by atoms with E-state index in [1.54, 1.807) is 0 Å². The molecule has 74 valence electrons. The minimum absolute atomic E-state index is 0.752. The number of ether oxygens (including phenoxy) is 2. The van der Waals surface area contributed by atoms with Gasteiger partial charge in [0.25, 0.3) is 0 Å². The van der Waals surface area contributed by atoms with Gasteiger partial charge in [0.1, 0.15) is 11.5 Å². The van der Waals surface area contributed by atoms with E-state index in [9.17, 15) is 0 Å². The zero-order valence-electron chi connectivity index (χ0n) is 8.54. The van der Waals surface area contributed by atoms with Crippen molar-refractivity contribution < 1.29 is 9.47 Å². The van der Waals surface area contributed by atoms with E-state index in [-0.39, 0.29) is 0 Å². The van der Waals surface area contributed by atoms with Crippen LogP contribution in [0.1, 0.15) is 11.1 Å². The SMILES string of the molecule is C=COc1ccc(C)c(OC=C)c1C. The molecule has 0 radical (unpaired) electrons. The van der Waals surface area contributed by atoms with Crippen molar-refractivity contribution in [3.63, 3.8) is 0 Å². The van der Waals surface area contributed by atoms with Gasteiger partial charge in [-0.3, -0.25) is 0 Å². The first-order valence-electron chi connectivity index (χ1n) is 4.36. The topological polar surface area (TPSA) is 18.5 Å². The summed E-state index contributed by atoms with van der Waals surface area (Å²) < 4.78 is 10.5. The zero-order valence-corrected chi connectivity index (χ0v) is 8.54. The number of aryl methyl sites for hydroxylation is 1. The molecule has 0 unspecified atom stereocenters. The lowest BCUT2D eigenvalue weighted by Gasteiger charge is -2.11. The lowest BCUT2D eigenvalue weighted by atomic mass is 10.1. The van der Waals surface area contributed by atoms with Crippen LogP contribution in [-0.4, -0.2) is 0 Å². The second kappa shape index (κ2) is 4.51. The Morgan fingerprint density at radius 3 is 2.29 bits per heavy atom. The normalized spacial score (nSPS) is 9.29. The van der Waals surface area contributed by atoms with Crippen LogP contribution in [0.2, 0.25) is 0 Å². The fraction of sp³-hybridized carbons (Fsp3) is 0.167. The second-order valence-corrected chi connectivity index (χ2v) is 2.90. The highest BCUT2D eigenvalue weighted by atomic mass is 16.5. The summed E-state index contributed by atoms with van der Waals surface area (Å²) in [7, 11) is 0. The summed E-state index contributed by atoms with van der Waals surface area (Å²) in [6, 6.07) is 3.83. The molecule has 0 aliphatic heterocycles. The molecule has 0 aromatic heterocycles. The molecule has 0 heterocycles. The van der Waals surface area contributed by atoms with Gasteiger partial charge in [0.2, 0.25) is 0 Å². The van der Waals surface area contributed by atoms with Crippen molar-refractivity contribution in [2.75, 3.05) is 0 Å². The van der Waals surface area contributed by atoms with E-state index in [2.05, 4.69) is 13.2 Å². The van der Waals surface area contributed by atoms with E-state index in [4.69, 9.17) is 9.47 Å². The maximum Gasteiger partial charge on any atom is 0.136 e. The van der Waals surface area contributed by atoms with Gasteiger partial charge < -0.3 is 9.47 Å².